The van der Waals surface area contributed by atoms with Crippen LogP contribution in [0.25, 0.3) is 0 Å². The van der Waals surface area contributed by atoms with Gasteiger partial charge in [-0.3, -0.25) is 0 Å². The number of nitrogens with zero attached hydrogens (tertiary/aromatic N) is 1. The van der Waals surface area contributed by atoms with E-state index < -0.39 is 11.9 Å². The number of hydrogen-bond donors (Lipinski definition) is 0. The highest BCUT2D eigenvalue weighted by molar-refractivity contribution is 9.10. The highest BCUT2D eigenvalue weighted by Crippen LogP contribution is 2.25. The summed E-state index contributed by atoms with van der Waals surface area (Å²) in [6, 6.07) is 7.09. The van der Waals surface area contributed by atoms with Gasteiger partial charge < -0.3 is 0 Å². The Hall–Kier alpha value is -0.840. The number of benzene rings is 1. The van der Waals surface area contributed by atoms with Gasteiger partial charge in [0.2, 0.25) is 0 Å². The lowest BCUT2D eigenvalue weighted by Crippen LogP contribution is -2.38. The fraction of sp³-hybridized carbons (Fsp3) is 0.500. The van der Waals surface area contributed by atoms with Gasteiger partial charge in [-0.05, 0) is 18.1 Å². The first-order valence-corrected chi connectivity index (χ1v) is 7.19. The van der Waals surface area contributed by atoms with Gasteiger partial charge in [-0.15, -0.1) is 0 Å². The summed E-state index contributed by atoms with van der Waals surface area (Å²) in [5, 5.41) is 0. The van der Waals surface area contributed by atoms with E-state index in [0.717, 1.165) is 23.7 Å². The zero-order valence-corrected chi connectivity index (χ0v) is 12.1. The maximum atomic E-state index is 13.2. The molecule has 5 heteroatoms. The molecule has 19 heavy (non-hydrogen) atoms. The zero-order valence-electron chi connectivity index (χ0n) is 10.5. The van der Waals surface area contributed by atoms with Gasteiger partial charge in [0.1, 0.15) is 13.1 Å². The van der Waals surface area contributed by atoms with E-state index in [1.165, 1.54) is 4.58 Å². The van der Waals surface area contributed by atoms with Crippen LogP contribution in [-0.2, 0) is 6.42 Å². The lowest BCUT2D eigenvalue weighted by atomic mass is 10.1. The van der Waals surface area contributed by atoms with Crippen molar-refractivity contribution in [2.45, 2.75) is 31.9 Å². The van der Waals surface area contributed by atoms with E-state index >= 15 is 0 Å². The van der Waals surface area contributed by atoms with E-state index in [4.69, 9.17) is 0 Å². The van der Waals surface area contributed by atoms with Crippen LogP contribution in [0.5, 0.6) is 0 Å². The van der Waals surface area contributed by atoms with Crippen LogP contribution in [0.2, 0.25) is 0 Å². The number of hydrogen-bond acceptors (Lipinski definition) is 0. The van der Waals surface area contributed by atoms with Crippen LogP contribution in [0.1, 0.15) is 24.8 Å². The molecule has 0 unspecified atom stereocenters. The second-order valence-corrected chi connectivity index (χ2v) is 5.61. The van der Waals surface area contributed by atoms with Crippen LogP contribution >= 0.6 is 15.9 Å². The Morgan fingerprint density at radius 1 is 1.11 bits per heavy atom. The Labute approximate surface area is 119 Å². The van der Waals surface area contributed by atoms with Crippen molar-refractivity contribution in [2.75, 3.05) is 13.1 Å². The topological polar surface area (TPSA) is 3.01 Å². The largest absolute Gasteiger partial charge is 0.472 e. The normalized spacial score (nSPS) is 16.5. The van der Waals surface area contributed by atoms with E-state index in [2.05, 4.69) is 15.9 Å². The third-order valence-electron chi connectivity index (χ3n) is 3.38. The van der Waals surface area contributed by atoms with E-state index in [1.807, 2.05) is 6.07 Å². The van der Waals surface area contributed by atoms with Crippen molar-refractivity contribution in [2.24, 2.45) is 0 Å². The first-order valence-electron chi connectivity index (χ1n) is 6.40. The molecule has 0 spiro atoms. The van der Waals surface area contributed by atoms with Gasteiger partial charge in [0.15, 0.2) is 0 Å². The molecular weight excluding hydrogens is 319 g/mol. The van der Waals surface area contributed by atoms with Gasteiger partial charge in [0.05, 0.1) is 6.42 Å². The van der Waals surface area contributed by atoms with Crippen LogP contribution in [0.4, 0.5) is 13.2 Å². The van der Waals surface area contributed by atoms with Crippen LogP contribution in [0.3, 0.4) is 0 Å². The van der Waals surface area contributed by atoms with E-state index in [9.17, 15) is 13.2 Å². The molecule has 0 radical (unpaired) electrons. The van der Waals surface area contributed by atoms with Crippen molar-refractivity contribution in [1.29, 1.82) is 0 Å². The molecule has 2 rings (SSSR count). The molecule has 1 nitrogen and oxygen atoms in total. The van der Waals surface area contributed by atoms with Crippen LogP contribution < -0.4 is 0 Å². The first-order chi connectivity index (χ1) is 8.98. The molecule has 0 saturated carbocycles. The first kappa shape index (κ1) is 14.6. The van der Waals surface area contributed by atoms with Crippen LogP contribution in [0, 0.1) is 0 Å². The second kappa shape index (κ2) is 6.07. The number of rotatable bonds is 2. The van der Waals surface area contributed by atoms with Crippen molar-refractivity contribution >= 4 is 21.6 Å². The van der Waals surface area contributed by atoms with Crippen molar-refractivity contribution in [1.82, 2.24) is 0 Å². The monoisotopic (exact) mass is 334 g/mol. The molecular formula is C14H16BrF3N+. The molecule has 0 amide bonds. The zero-order chi connectivity index (χ0) is 13.9. The van der Waals surface area contributed by atoms with Crippen molar-refractivity contribution in [3.8, 4) is 0 Å². The molecule has 0 bridgehead atoms. The van der Waals surface area contributed by atoms with E-state index in [0.29, 0.717) is 18.7 Å². The van der Waals surface area contributed by atoms with Crippen molar-refractivity contribution in [3.63, 3.8) is 0 Å². The van der Waals surface area contributed by atoms with Crippen molar-refractivity contribution < 1.29 is 17.7 Å². The third kappa shape index (κ3) is 3.81. The summed E-state index contributed by atoms with van der Waals surface area (Å²) in [6.07, 6.45) is -1.61. The Kier molecular flexibility index (Phi) is 4.66. The van der Waals surface area contributed by atoms with Gasteiger partial charge in [-0.2, -0.15) is 13.2 Å². The summed E-state index contributed by atoms with van der Waals surface area (Å²) >= 11 is 3.32. The van der Waals surface area contributed by atoms with Crippen molar-refractivity contribution in [3.05, 3.63) is 34.3 Å². The maximum absolute atomic E-state index is 13.2. The lowest BCUT2D eigenvalue weighted by Gasteiger charge is -2.16. The molecule has 0 N–H and O–H groups in total. The van der Waals surface area contributed by atoms with E-state index in [-0.39, 0.29) is 6.42 Å². The third-order valence-corrected chi connectivity index (χ3v) is 4.15. The fourth-order valence-corrected chi connectivity index (χ4v) is 2.80. The second-order valence-electron chi connectivity index (χ2n) is 4.76. The minimum Gasteiger partial charge on any atom is -0.229 e. The minimum atomic E-state index is -4.26. The Morgan fingerprint density at radius 3 is 2.32 bits per heavy atom. The number of piperidine rings is 1. The predicted octanol–water partition coefficient (Wildman–Crippen LogP) is 4.19. The molecule has 1 heterocycles. The highest BCUT2D eigenvalue weighted by Gasteiger charge is 2.43. The molecule has 1 aromatic carbocycles. The summed E-state index contributed by atoms with van der Waals surface area (Å²) in [5.74, 6) is 0. The maximum Gasteiger partial charge on any atom is 0.472 e. The molecule has 0 atom stereocenters. The van der Waals surface area contributed by atoms with Gasteiger partial charge >= 0.3 is 6.18 Å². The van der Waals surface area contributed by atoms with Gasteiger partial charge in [-0.25, -0.2) is 4.58 Å². The summed E-state index contributed by atoms with van der Waals surface area (Å²) in [4.78, 5) is 0. The molecule has 0 aliphatic carbocycles. The smallest absolute Gasteiger partial charge is 0.229 e. The van der Waals surface area contributed by atoms with Gasteiger partial charge in [0, 0.05) is 17.3 Å². The molecule has 104 valence electrons. The molecule has 1 saturated heterocycles. The SMILES string of the molecule is FC(F)(F)C(Cc1ccccc1Br)=[N+]1CCCCC1. The Balaban J connectivity index is 2.32. The molecule has 1 fully saturated rings. The van der Waals surface area contributed by atoms with Crippen LogP contribution in [0.15, 0.2) is 28.7 Å². The summed E-state index contributed by atoms with van der Waals surface area (Å²) in [6.45, 7) is 1.03. The molecule has 1 aliphatic heterocycles. The molecule has 1 aliphatic rings. The van der Waals surface area contributed by atoms with Gasteiger partial charge in [0.25, 0.3) is 5.71 Å². The average Bonchev–Trinajstić information content (AvgIpc) is 2.37. The summed E-state index contributed by atoms with van der Waals surface area (Å²) in [5.41, 5.74) is 0.263. The van der Waals surface area contributed by atoms with Gasteiger partial charge in [-0.1, -0.05) is 34.1 Å². The van der Waals surface area contributed by atoms with E-state index in [1.54, 1.807) is 18.2 Å². The highest BCUT2D eigenvalue weighted by atomic mass is 79.9. The summed E-state index contributed by atoms with van der Waals surface area (Å²) < 4.78 is 41.9. The average molecular weight is 335 g/mol. The minimum absolute atomic E-state index is 0.0646. The molecule has 0 aromatic heterocycles. The lowest BCUT2D eigenvalue weighted by molar-refractivity contribution is -0.544. The number of halogens is 4. The Bertz CT molecular complexity index is 472. The quantitative estimate of drug-likeness (QED) is 0.713. The predicted molar refractivity (Wildman–Crippen MR) is 72.8 cm³/mol. The summed E-state index contributed by atoms with van der Waals surface area (Å²) in [7, 11) is 0. The van der Waals surface area contributed by atoms with Crippen LogP contribution in [-0.4, -0.2) is 29.6 Å². The number of alkyl halides is 3. The Morgan fingerprint density at radius 2 is 1.74 bits per heavy atom. The fourth-order valence-electron chi connectivity index (χ4n) is 2.38. The molecule has 1 aromatic rings. The standard InChI is InChI=1S/C14H16BrF3N/c15-12-7-3-2-6-11(12)10-13(14(16,17)18)19-8-4-1-5-9-19/h2-3,6-7H,1,4-5,8-10H2/q+1.